The number of amides is 1. The summed E-state index contributed by atoms with van der Waals surface area (Å²) in [7, 11) is 1.68. The Labute approximate surface area is 196 Å². The fourth-order valence-electron chi connectivity index (χ4n) is 3.47. The molecule has 1 aliphatic heterocycles. The molecule has 2 aromatic carbocycles. The maximum absolute atomic E-state index is 12.3. The highest BCUT2D eigenvalue weighted by molar-refractivity contribution is 7.99. The van der Waals surface area contributed by atoms with Gasteiger partial charge >= 0.3 is 0 Å². The zero-order valence-electron chi connectivity index (χ0n) is 17.7. The number of hydrogen-bond acceptors (Lipinski definition) is 7. The van der Waals surface area contributed by atoms with Gasteiger partial charge in [0.1, 0.15) is 22.9 Å². The van der Waals surface area contributed by atoms with Gasteiger partial charge in [0.05, 0.1) is 23.6 Å². The van der Waals surface area contributed by atoms with Crippen LogP contribution in [0.5, 0.6) is 5.75 Å². The first-order valence-corrected chi connectivity index (χ1v) is 11.6. The van der Waals surface area contributed by atoms with Gasteiger partial charge in [0, 0.05) is 44.0 Å². The van der Waals surface area contributed by atoms with E-state index in [2.05, 4.69) is 37.2 Å². The molecule has 0 aliphatic carbocycles. The van der Waals surface area contributed by atoms with Crippen molar-refractivity contribution < 1.29 is 9.53 Å². The average Bonchev–Trinajstić information content (AvgIpc) is 2.84. The Hall–Kier alpha value is -2.97. The summed E-state index contributed by atoms with van der Waals surface area (Å²) in [4.78, 5) is 25.6. The molecule has 166 valence electrons. The number of rotatable bonds is 7. The maximum atomic E-state index is 12.3. The van der Waals surface area contributed by atoms with E-state index in [0.717, 1.165) is 48.5 Å². The molecule has 32 heavy (non-hydrogen) atoms. The third-order valence-electron chi connectivity index (χ3n) is 5.15. The van der Waals surface area contributed by atoms with Gasteiger partial charge in [0.2, 0.25) is 5.91 Å². The minimum Gasteiger partial charge on any atom is -0.497 e. The topological polar surface area (TPSA) is 70.6 Å². The summed E-state index contributed by atoms with van der Waals surface area (Å²) in [5.41, 5.74) is 1.77. The van der Waals surface area contributed by atoms with Crippen molar-refractivity contribution in [2.24, 2.45) is 0 Å². The number of piperazine rings is 1. The lowest BCUT2D eigenvalue weighted by molar-refractivity contribution is -0.113. The predicted octanol–water partition coefficient (Wildman–Crippen LogP) is 4.20. The maximum Gasteiger partial charge on any atom is 0.234 e. The number of benzene rings is 2. The smallest absolute Gasteiger partial charge is 0.234 e. The molecule has 9 heteroatoms. The number of halogens is 1. The largest absolute Gasteiger partial charge is 0.497 e. The Morgan fingerprint density at radius 2 is 1.84 bits per heavy atom. The number of aromatic nitrogens is 2. The SMILES string of the molecule is COc1cccc(N2CCN(c3cc(SCC(=O)Nc4ccccc4Cl)ncn3)CC2)c1. The van der Waals surface area contributed by atoms with Crippen LogP contribution in [0, 0.1) is 0 Å². The van der Waals surface area contributed by atoms with E-state index in [1.54, 1.807) is 25.6 Å². The van der Waals surface area contributed by atoms with E-state index in [9.17, 15) is 4.79 Å². The monoisotopic (exact) mass is 469 g/mol. The van der Waals surface area contributed by atoms with E-state index in [0.29, 0.717) is 10.7 Å². The number of methoxy groups -OCH3 is 1. The van der Waals surface area contributed by atoms with Gasteiger partial charge in [-0.3, -0.25) is 4.79 Å². The van der Waals surface area contributed by atoms with Crippen molar-refractivity contribution in [2.75, 3.05) is 54.2 Å². The first-order valence-electron chi connectivity index (χ1n) is 10.3. The van der Waals surface area contributed by atoms with E-state index in [4.69, 9.17) is 16.3 Å². The molecule has 4 rings (SSSR count). The van der Waals surface area contributed by atoms with Crippen molar-refractivity contribution in [3.8, 4) is 5.75 Å². The van der Waals surface area contributed by atoms with Crippen molar-refractivity contribution in [3.63, 3.8) is 0 Å². The normalized spacial score (nSPS) is 13.7. The van der Waals surface area contributed by atoms with E-state index >= 15 is 0 Å². The van der Waals surface area contributed by atoms with Crippen LogP contribution in [-0.2, 0) is 4.79 Å². The van der Waals surface area contributed by atoms with Crippen LogP contribution in [0.1, 0.15) is 0 Å². The molecule has 3 aromatic rings. The molecular weight excluding hydrogens is 446 g/mol. The quantitative estimate of drug-likeness (QED) is 0.410. The first-order chi connectivity index (χ1) is 15.6. The molecule has 1 amide bonds. The highest BCUT2D eigenvalue weighted by Crippen LogP contribution is 2.25. The van der Waals surface area contributed by atoms with Crippen molar-refractivity contribution in [1.29, 1.82) is 0 Å². The zero-order chi connectivity index (χ0) is 22.3. The number of hydrogen-bond donors (Lipinski definition) is 1. The van der Waals surface area contributed by atoms with Crippen LogP contribution in [0.2, 0.25) is 5.02 Å². The van der Waals surface area contributed by atoms with Crippen LogP contribution in [-0.4, -0.2) is 54.9 Å². The number of anilines is 3. The highest BCUT2D eigenvalue weighted by atomic mass is 35.5. The van der Waals surface area contributed by atoms with Crippen molar-refractivity contribution in [1.82, 2.24) is 9.97 Å². The van der Waals surface area contributed by atoms with Crippen molar-refractivity contribution >= 4 is 46.5 Å². The van der Waals surface area contributed by atoms with Crippen LogP contribution in [0.4, 0.5) is 17.2 Å². The predicted molar refractivity (Wildman–Crippen MR) is 130 cm³/mol. The van der Waals surface area contributed by atoms with E-state index in [-0.39, 0.29) is 11.7 Å². The standard InChI is InChI=1S/C23H24ClN5O2S/c1-31-18-6-4-5-17(13-18)28-9-11-29(12-10-28)21-14-23(26-16-25-21)32-15-22(30)27-20-8-3-2-7-19(20)24/h2-8,13-14,16H,9-12,15H2,1H3,(H,27,30). The Bertz CT molecular complexity index is 1080. The number of thioether (sulfide) groups is 1. The molecule has 1 aliphatic rings. The fraction of sp³-hybridized carbons (Fsp3) is 0.261. The average molecular weight is 470 g/mol. The highest BCUT2D eigenvalue weighted by Gasteiger charge is 2.19. The molecule has 1 N–H and O–H groups in total. The molecule has 2 heterocycles. The van der Waals surface area contributed by atoms with Gasteiger partial charge in [-0.15, -0.1) is 0 Å². The van der Waals surface area contributed by atoms with Crippen LogP contribution in [0.25, 0.3) is 0 Å². The summed E-state index contributed by atoms with van der Waals surface area (Å²) in [5.74, 6) is 1.85. The molecule has 1 fully saturated rings. The Morgan fingerprint density at radius 3 is 2.62 bits per heavy atom. The van der Waals surface area contributed by atoms with Crippen LogP contribution in [0.15, 0.2) is 66.0 Å². The lowest BCUT2D eigenvalue weighted by Crippen LogP contribution is -2.46. The molecule has 0 bridgehead atoms. The van der Waals surface area contributed by atoms with Crippen molar-refractivity contribution in [2.45, 2.75) is 5.03 Å². The summed E-state index contributed by atoms with van der Waals surface area (Å²) >= 11 is 7.48. The Kier molecular flexibility index (Phi) is 7.34. The number of carbonyl (C=O) groups excluding carboxylic acids is 1. The van der Waals surface area contributed by atoms with E-state index in [1.807, 2.05) is 30.3 Å². The number of nitrogens with zero attached hydrogens (tertiary/aromatic N) is 4. The van der Waals surface area contributed by atoms with Crippen molar-refractivity contribution in [3.05, 3.63) is 65.9 Å². The number of nitrogens with one attached hydrogen (secondary N) is 1. The van der Waals surface area contributed by atoms with Gasteiger partial charge in [-0.1, -0.05) is 41.6 Å². The molecule has 0 atom stereocenters. The van der Waals surface area contributed by atoms with Gasteiger partial charge in [0.25, 0.3) is 0 Å². The lowest BCUT2D eigenvalue weighted by atomic mass is 10.2. The lowest BCUT2D eigenvalue weighted by Gasteiger charge is -2.36. The molecule has 0 unspecified atom stereocenters. The molecule has 1 aromatic heterocycles. The minimum absolute atomic E-state index is 0.129. The zero-order valence-corrected chi connectivity index (χ0v) is 19.3. The molecule has 1 saturated heterocycles. The number of ether oxygens (including phenoxy) is 1. The second-order valence-corrected chi connectivity index (χ2v) is 8.61. The summed E-state index contributed by atoms with van der Waals surface area (Å²) in [6, 6.07) is 17.2. The second-order valence-electron chi connectivity index (χ2n) is 7.21. The van der Waals surface area contributed by atoms with E-state index in [1.165, 1.54) is 11.8 Å². The van der Waals surface area contributed by atoms with Gasteiger partial charge in [-0.25, -0.2) is 9.97 Å². The van der Waals surface area contributed by atoms with Gasteiger partial charge in [0.15, 0.2) is 0 Å². The van der Waals surface area contributed by atoms with Crippen LogP contribution >= 0.6 is 23.4 Å². The van der Waals surface area contributed by atoms with Crippen LogP contribution in [0.3, 0.4) is 0 Å². The molecule has 0 spiro atoms. The molecular formula is C23H24ClN5O2S. The van der Waals surface area contributed by atoms with Crippen LogP contribution < -0.4 is 19.9 Å². The summed E-state index contributed by atoms with van der Waals surface area (Å²) < 4.78 is 5.34. The molecule has 0 radical (unpaired) electrons. The molecule has 7 nitrogen and oxygen atoms in total. The van der Waals surface area contributed by atoms with Gasteiger partial charge in [-0.05, 0) is 24.3 Å². The first kappa shape index (κ1) is 22.2. The molecule has 0 saturated carbocycles. The number of carbonyl (C=O) groups is 1. The summed E-state index contributed by atoms with van der Waals surface area (Å²) in [5, 5.41) is 4.11. The Balaban J connectivity index is 1.31. The third kappa shape index (κ3) is 5.63. The van der Waals surface area contributed by atoms with Gasteiger partial charge < -0.3 is 19.9 Å². The second kappa shape index (κ2) is 10.6. The fourth-order valence-corrected chi connectivity index (χ4v) is 4.32. The third-order valence-corrected chi connectivity index (χ3v) is 6.40. The Morgan fingerprint density at radius 1 is 1.06 bits per heavy atom. The summed E-state index contributed by atoms with van der Waals surface area (Å²) in [6.45, 7) is 3.48. The summed E-state index contributed by atoms with van der Waals surface area (Å²) in [6.07, 6.45) is 1.55. The van der Waals surface area contributed by atoms with E-state index < -0.39 is 0 Å². The minimum atomic E-state index is -0.129. The number of para-hydroxylation sites is 1. The van der Waals surface area contributed by atoms with Gasteiger partial charge in [-0.2, -0.15) is 0 Å².